The van der Waals surface area contributed by atoms with Crippen molar-refractivity contribution in [2.75, 3.05) is 13.7 Å². The molecule has 0 aliphatic carbocycles. The molecule has 0 aromatic rings. The molecule has 1 aliphatic rings. The maximum Gasteiger partial charge on any atom is 0.164 e. The molecule has 4 atom stereocenters. The third-order valence-electron chi connectivity index (χ3n) is 3.15. The van der Waals surface area contributed by atoms with Gasteiger partial charge in [-0.3, -0.25) is 0 Å². The molecule has 1 heterocycles. The van der Waals surface area contributed by atoms with Gasteiger partial charge < -0.3 is 14.6 Å². The lowest BCUT2D eigenvalue weighted by molar-refractivity contribution is -0.127. The first-order chi connectivity index (χ1) is 7.28. The first-order valence-corrected chi connectivity index (χ1v) is 5.70. The molecule has 0 spiro atoms. The zero-order valence-corrected chi connectivity index (χ0v) is 9.69. The number of ether oxygens (including phenoxy) is 2. The fraction of sp³-hybridized carbons (Fsp3) is 0.833. The van der Waals surface area contributed by atoms with Crippen molar-refractivity contribution in [1.82, 2.24) is 0 Å². The van der Waals surface area contributed by atoms with E-state index in [1.807, 2.05) is 6.08 Å². The monoisotopic (exact) mass is 214 g/mol. The van der Waals surface area contributed by atoms with Crippen molar-refractivity contribution in [3.8, 4) is 0 Å². The molecule has 0 aromatic heterocycles. The number of aliphatic hydroxyl groups is 1. The van der Waals surface area contributed by atoms with Gasteiger partial charge in [0.1, 0.15) is 0 Å². The molecule has 0 radical (unpaired) electrons. The number of hydrogen-bond donors (Lipinski definition) is 1. The molecule has 1 aliphatic heterocycles. The van der Waals surface area contributed by atoms with Crippen molar-refractivity contribution in [3.63, 3.8) is 0 Å². The largest absolute Gasteiger partial charge is 0.396 e. The second-order valence-electron chi connectivity index (χ2n) is 4.08. The van der Waals surface area contributed by atoms with Crippen molar-refractivity contribution in [2.24, 2.45) is 11.8 Å². The Morgan fingerprint density at radius 3 is 2.73 bits per heavy atom. The van der Waals surface area contributed by atoms with Crippen LogP contribution in [0.2, 0.25) is 0 Å². The van der Waals surface area contributed by atoms with Gasteiger partial charge in [0.05, 0.1) is 6.10 Å². The van der Waals surface area contributed by atoms with Gasteiger partial charge in [-0.15, -0.1) is 6.58 Å². The smallest absolute Gasteiger partial charge is 0.164 e. The van der Waals surface area contributed by atoms with E-state index in [1.54, 1.807) is 7.11 Å². The van der Waals surface area contributed by atoms with Crippen molar-refractivity contribution in [3.05, 3.63) is 12.7 Å². The Morgan fingerprint density at radius 2 is 2.27 bits per heavy atom. The van der Waals surface area contributed by atoms with E-state index in [-0.39, 0.29) is 30.8 Å². The molecule has 3 nitrogen and oxygen atoms in total. The first kappa shape index (κ1) is 12.7. The van der Waals surface area contributed by atoms with Crippen LogP contribution < -0.4 is 0 Å². The van der Waals surface area contributed by atoms with E-state index in [4.69, 9.17) is 9.47 Å². The van der Waals surface area contributed by atoms with Gasteiger partial charge in [0, 0.05) is 25.6 Å². The van der Waals surface area contributed by atoms with E-state index in [9.17, 15) is 5.11 Å². The molecule has 15 heavy (non-hydrogen) atoms. The lowest BCUT2D eigenvalue weighted by Gasteiger charge is -2.18. The zero-order valence-electron chi connectivity index (χ0n) is 9.69. The number of methoxy groups -OCH3 is 1. The van der Waals surface area contributed by atoms with Crippen LogP contribution in [0, 0.1) is 11.8 Å². The van der Waals surface area contributed by atoms with E-state index in [1.165, 1.54) is 0 Å². The molecule has 0 aromatic carbocycles. The number of unbranched alkanes of at least 4 members (excludes halogenated alkanes) is 1. The van der Waals surface area contributed by atoms with Gasteiger partial charge in [0.15, 0.2) is 6.29 Å². The van der Waals surface area contributed by atoms with Crippen LogP contribution in [0.5, 0.6) is 0 Å². The van der Waals surface area contributed by atoms with Crippen LogP contribution in [0.15, 0.2) is 12.7 Å². The average molecular weight is 214 g/mol. The Kier molecular flexibility index (Phi) is 5.29. The SMILES string of the molecule is C=C[C@@H]1C(OC)O[C@H](CCCC)[C@H]1CO. The van der Waals surface area contributed by atoms with Crippen LogP contribution in [0.4, 0.5) is 0 Å². The summed E-state index contributed by atoms with van der Waals surface area (Å²) in [4.78, 5) is 0. The highest BCUT2D eigenvalue weighted by atomic mass is 16.7. The minimum atomic E-state index is -0.235. The Labute approximate surface area is 92.1 Å². The lowest BCUT2D eigenvalue weighted by atomic mass is 9.88. The maximum absolute atomic E-state index is 9.37. The van der Waals surface area contributed by atoms with Crippen molar-refractivity contribution < 1.29 is 14.6 Å². The lowest BCUT2D eigenvalue weighted by Crippen LogP contribution is -2.24. The Bertz CT molecular complexity index is 193. The average Bonchev–Trinajstić information content (AvgIpc) is 2.62. The van der Waals surface area contributed by atoms with Crippen LogP contribution in [0.3, 0.4) is 0 Å². The zero-order chi connectivity index (χ0) is 11.3. The van der Waals surface area contributed by atoms with Crippen molar-refractivity contribution in [2.45, 2.75) is 38.6 Å². The van der Waals surface area contributed by atoms with E-state index in [0.29, 0.717) is 0 Å². The summed E-state index contributed by atoms with van der Waals surface area (Å²) in [5, 5.41) is 9.37. The Morgan fingerprint density at radius 1 is 1.53 bits per heavy atom. The quantitative estimate of drug-likeness (QED) is 0.687. The van der Waals surface area contributed by atoms with Crippen LogP contribution in [0.1, 0.15) is 26.2 Å². The van der Waals surface area contributed by atoms with Crippen molar-refractivity contribution in [1.29, 1.82) is 0 Å². The molecule has 1 saturated heterocycles. The fourth-order valence-corrected chi connectivity index (χ4v) is 2.24. The predicted molar refractivity (Wildman–Crippen MR) is 59.5 cm³/mol. The number of rotatable bonds is 6. The topological polar surface area (TPSA) is 38.7 Å². The molecule has 3 heteroatoms. The summed E-state index contributed by atoms with van der Waals surface area (Å²) in [6.07, 6.45) is 4.98. The van der Waals surface area contributed by atoms with Crippen LogP contribution in [-0.2, 0) is 9.47 Å². The predicted octanol–water partition coefficient (Wildman–Crippen LogP) is 1.96. The van der Waals surface area contributed by atoms with Gasteiger partial charge in [-0.1, -0.05) is 25.8 Å². The van der Waals surface area contributed by atoms with E-state index in [2.05, 4.69) is 13.5 Å². The summed E-state index contributed by atoms with van der Waals surface area (Å²) in [6, 6.07) is 0. The summed E-state index contributed by atoms with van der Waals surface area (Å²) in [6.45, 7) is 6.08. The van der Waals surface area contributed by atoms with Gasteiger partial charge in [0.2, 0.25) is 0 Å². The van der Waals surface area contributed by atoms with Crippen molar-refractivity contribution >= 4 is 0 Å². The van der Waals surface area contributed by atoms with Crippen LogP contribution in [0.25, 0.3) is 0 Å². The molecular weight excluding hydrogens is 192 g/mol. The van der Waals surface area contributed by atoms with Crippen LogP contribution >= 0.6 is 0 Å². The minimum absolute atomic E-state index is 0.113. The summed E-state index contributed by atoms with van der Waals surface area (Å²) < 4.78 is 11.0. The summed E-state index contributed by atoms with van der Waals surface area (Å²) in [5.41, 5.74) is 0. The van der Waals surface area contributed by atoms with Gasteiger partial charge in [0.25, 0.3) is 0 Å². The summed E-state index contributed by atoms with van der Waals surface area (Å²) in [7, 11) is 1.64. The number of aliphatic hydroxyl groups excluding tert-OH is 1. The Balaban J connectivity index is 2.61. The first-order valence-electron chi connectivity index (χ1n) is 5.70. The van der Waals surface area contributed by atoms with E-state index < -0.39 is 0 Å². The molecule has 0 bridgehead atoms. The second kappa shape index (κ2) is 6.26. The molecule has 1 rings (SSSR count). The fourth-order valence-electron chi connectivity index (χ4n) is 2.24. The summed E-state index contributed by atoms with van der Waals surface area (Å²) >= 11 is 0. The molecule has 0 saturated carbocycles. The normalized spacial score (nSPS) is 35.7. The van der Waals surface area contributed by atoms with Gasteiger partial charge in [-0.25, -0.2) is 0 Å². The highest BCUT2D eigenvalue weighted by Gasteiger charge is 2.42. The molecular formula is C12H22O3. The van der Waals surface area contributed by atoms with Gasteiger partial charge in [-0.05, 0) is 6.42 Å². The summed E-state index contributed by atoms with van der Waals surface area (Å²) in [5.74, 6) is 0.251. The van der Waals surface area contributed by atoms with Gasteiger partial charge >= 0.3 is 0 Å². The molecule has 1 N–H and O–H groups in total. The second-order valence-corrected chi connectivity index (χ2v) is 4.08. The molecule has 88 valence electrons. The van der Waals surface area contributed by atoms with E-state index >= 15 is 0 Å². The maximum atomic E-state index is 9.37. The Hall–Kier alpha value is -0.380. The minimum Gasteiger partial charge on any atom is -0.396 e. The molecule has 1 unspecified atom stereocenters. The third-order valence-corrected chi connectivity index (χ3v) is 3.15. The standard InChI is InChI=1S/C12H22O3/c1-4-6-7-11-10(8-13)9(5-2)12(14-3)15-11/h5,9-13H,2,4,6-8H2,1,3H3/t9-,10-,11+,12?/m0/s1. The third kappa shape index (κ3) is 2.80. The highest BCUT2D eigenvalue weighted by molar-refractivity contribution is 4.95. The molecule has 1 fully saturated rings. The molecule has 0 amide bonds. The number of hydrogen-bond acceptors (Lipinski definition) is 3. The highest BCUT2D eigenvalue weighted by Crippen LogP contribution is 2.35. The van der Waals surface area contributed by atoms with E-state index in [0.717, 1.165) is 19.3 Å². The van der Waals surface area contributed by atoms with Crippen LogP contribution in [-0.4, -0.2) is 31.2 Å². The van der Waals surface area contributed by atoms with Gasteiger partial charge in [-0.2, -0.15) is 0 Å².